The lowest BCUT2D eigenvalue weighted by atomic mass is 10.1. The van der Waals surface area contributed by atoms with Crippen LogP contribution in [-0.2, 0) is 23.6 Å². The van der Waals surface area contributed by atoms with Crippen molar-refractivity contribution in [2.45, 2.75) is 24.8 Å². The first-order valence-corrected chi connectivity index (χ1v) is 13.8. The highest BCUT2D eigenvalue weighted by molar-refractivity contribution is 5.98. The molecule has 2 heterocycles. The quantitative estimate of drug-likeness (QED) is 0.256. The van der Waals surface area contributed by atoms with Gasteiger partial charge in [-0.15, -0.1) is 0 Å². The highest BCUT2D eigenvalue weighted by Gasteiger charge is 2.32. The number of benzene rings is 4. The molecule has 0 aliphatic carbocycles. The first kappa shape index (κ1) is 33.5. The van der Waals surface area contributed by atoms with Crippen molar-refractivity contribution >= 4 is 27.5 Å². The molecule has 0 saturated carbocycles. The van der Waals surface area contributed by atoms with E-state index in [0.717, 1.165) is 54.1 Å². The molecule has 0 spiro atoms. The fraction of sp³-hybridized carbons (Fsp3) is 0.121. The van der Waals surface area contributed by atoms with E-state index in [2.05, 4.69) is 0 Å². The smallest absolute Gasteiger partial charge is 0.416 e. The Morgan fingerprint density at radius 1 is 0.604 bits per heavy atom. The number of nitrogens with zero attached hydrogens (tertiary/aromatic N) is 2. The number of rotatable bonds is 5. The molecule has 0 radical (unpaired) electrons. The van der Waals surface area contributed by atoms with Crippen molar-refractivity contribution in [1.82, 2.24) is 9.13 Å². The molecule has 0 amide bonds. The van der Waals surface area contributed by atoms with E-state index in [0.29, 0.717) is 27.7 Å². The molecule has 15 heteroatoms. The molecule has 0 aliphatic heterocycles. The van der Waals surface area contributed by atoms with Gasteiger partial charge in [0.2, 0.25) is 0 Å². The maximum Gasteiger partial charge on any atom is 0.416 e. The monoisotopic (exact) mass is 669 g/mol. The Labute approximate surface area is 264 Å². The lowest BCUT2D eigenvalue weighted by Gasteiger charge is -2.08. The van der Waals surface area contributed by atoms with Crippen LogP contribution in [0.15, 0.2) is 110 Å². The summed E-state index contributed by atoms with van der Waals surface area (Å²) in [6.07, 6.45) is -9.08. The van der Waals surface area contributed by atoms with Gasteiger partial charge in [-0.05, 0) is 60.5 Å². The zero-order valence-corrected chi connectivity index (χ0v) is 24.2. The lowest BCUT2D eigenvalue weighted by Crippen LogP contribution is -2.32. The van der Waals surface area contributed by atoms with E-state index < -0.39 is 57.7 Å². The second kappa shape index (κ2) is 12.4. The summed E-state index contributed by atoms with van der Waals surface area (Å²) in [6.45, 7) is 0. The van der Waals surface area contributed by atoms with Gasteiger partial charge in [-0.1, -0.05) is 42.5 Å². The lowest BCUT2D eigenvalue weighted by molar-refractivity contribution is -0.139. The number of hydrogen-bond donors (Lipinski definition) is 2. The Balaban J connectivity index is 0.000000318. The third-order valence-electron chi connectivity index (χ3n) is 7.37. The summed E-state index contributed by atoms with van der Waals surface area (Å²) in [5, 5.41) is 7.20. The van der Waals surface area contributed by atoms with E-state index in [-0.39, 0.29) is 32.9 Å². The minimum Gasteiger partial charge on any atom is -0.480 e. The Hall–Kier alpha value is -5.83. The number of carboxylic acid groups (broad SMARTS) is 1. The molecule has 48 heavy (non-hydrogen) atoms. The van der Waals surface area contributed by atoms with E-state index in [9.17, 15) is 50.3 Å². The first-order chi connectivity index (χ1) is 22.5. The van der Waals surface area contributed by atoms with Gasteiger partial charge in [0.05, 0.1) is 44.0 Å². The van der Waals surface area contributed by atoms with E-state index in [1.54, 1.807) is 0 Å². The molecular formula is C33H21F6N3O6. The Morgan fingerprint density at radius 2 is 0.979 bits per heavy atom. The maximum absolute atomic E-state index is 13.1. The van der Waals surface area contributed by atoms with E-state index in [1.807, 2.05) is 30.3 Å². The fourth-order valence-corrected chi connectivity index (χ4v) is 5.04. The molecule has 246 valence electrons. The topological polar surface area (TPSA) is 141 Å². The first-order valence-electron chi connectivity index (χ1n) is 13.8. The molecule has 2 aromatic heterocycles. The number of aromatic nitrogens is 2. The van der Waals surface area contributed by atoms with Crippen LogP contribution in [0, 0.1) is 0 Å². The minimum atomic E-state index is -4.73. The normalized spacial score (nSPS) is 12.6. The van der Waals surface area contributed by atoms with Crippen molar-refractivity contribution in [2.24, 2.45) is 5.73 Å². The van der Waals surface area contributed by atoms with Gasteiger partial charge in [-0.25, -0.2) is 9.13 Å². The predicted octanol–water partition coefficient (Wildman–Crippen LogP) is 4.57. The van der Waals surface area contributed by atoms with Gasteiger partial charge in [-0.3, -0.25) is 24.0 Å². The molecule has 0 saturated heterocycles. The highest BCUT2D eigenvalue weighted by Crippen LogP contribution is 2.31. The van der Waals surface area contributed by atoms with Crippen molar-refractivity contribution in [3.05, 3.63) is 149 Å². The second-order valence-electron chi connectivity index (χ2n) is 10.6. The fourth-order valence-electron chi connectivity index (χ4n) is 5.04. The average Bonchev–Trinajstić information content (AvgIpc) is 3.43. The van der Waals surface area contributed by atoms with Crippen molar-refractivity contribution in [3.8, 4) is 11.4 Å². The van der Waals surface area contributed by atoms with Crippen molar-refractivity contribution < 1.29 is 36.2 Å². The third kappa shape index (κ3) is 6.40. The molecule has 6 rings (SSSR count). The summed E-state index contributed by atoms with van der Waals surface area (Å²) in [5.74, 6) is -0.959. The molecule has 0 aliphatic rings. The molecule has 0 fully saturated rings. The van der Waals surface area contributed by atoms with Gasteiger partial charge >= 0.3 is 18.3 Å². The van der Waals surface area contributed by atoms with Crippen molar-refractivity contribution in [1.29, 1.82) is 0 Å². The zero-order valence-electron chi connectivity index (χ0n) is 24.2. The average molecular weight is 670 g/mol. The molecule has 6 aromatic rings. The van der Waals surface area contributed by atoms with Crippen molar-refractivity contribution in [3.63, 3.8) is 0 Å². The Kier molecular flexibility index (Phi) is 8.67. The molecule has 3 N–H and O–H groups in total. The van der Waals surface area contributed by atoms with Crippen LogP contribution in [0.3, 0.4) is 0 Å². The number of halogens is 6. The molecule has 4 aromatic carbocycles. The second-order valence-corrected chi connectivity index (χ2v) is 10.6. The van der Waals surface area contributed by atoms with Gasteiger partial charge in [-0.2, -0.15) is 26.3 Å². The zero-order chi connectivity index (χ0) is 35.1. The summed E-state index contributed by atoms with van der Waals surface area (Å²) in [7, 11) is 0. The van der Waals surface area contributed by atoms with Gasteiger partial charge in [0, 0.05) is 0 Å². The van der Waals surface area contributed by atoms with Gasteiger partial charge in [0.15, 0.2) is 0 Å². The van der Waals surface area contributed by atoms with E-state index >= 15 is 0 Å². The van der Waals surface area contributed by atoms with Crippen LogP contribution in [-0.4, -0.2) is 26.3 Å². The van der Waals surface area contributed by atoms with E-state index in [4.69, 9.17) is 10.8 Å². The van der Waals surface area contributed by atoms with Crippen LogP contribution in [0.4, 0.5) is 26.3 Å². The summed E-state index contributed by atoms with van der Waals surface area (Å²) >= 11 is 0. The molecule has 0 unspecified atom stereocenters. The summed E-state index contributed by atoms with van der Waals surface area (Å²) in [6, 6.07) is 17.5. The number of carboxylic acids is 1. The Morgan fingerprint density at radius 3 is 1.31 bits per heavy atom. The summed E-state index contributed by atoms with van der Waals surface area (Å²) in [4.78, 5) is 62.2. The Bertz CT molecular complexity index is 2170. The number of carbonyl (C=O) groups is 1. The summed E-state index contributed by atoms with van der Waals surface area (Å²) in [5.41, 5.74) is -0.690. The van der Waals surface area contributed by atoms with Crippen LogP contribution in [0.2, 0.25) is 0 Å². The standard InChI is InChI=1S/C24H10F6N2O4.C9H11NO2/c25-23(26,27)11-3-1-5-13(7-11)31-19(33)15-9-17-18(10-16(15)20(31)34)22(36)32(21(17)35)14-6-2-4-12(8-14)24(28,29)30;10-8(9(11)12)6-7-4-2-1-3-5-7/h1-10H;1-5,8H,6,10H2,(H,11,12)/t;8-/m.0/s1. The van der Waals surface area contributed by atoms with Crippen LogP contribution in [0.1, 0.15) is 16.7 Å². The molecule has 9 nitrogen and oxygen atoms in total. The van der Waals surface area contributed by atoms with Crippen LogP contribution < -0.4 is 28.0 Å². The number of fused-ring (bicyclic) bond motifs is 2. The van der Waals surface area contributed by atoms with Crippen molar-refractivity contribution in [2.75, 3.05) is 0 Å². The number of alkyl halides is 6. The van der Waals surface area contributed by atoms with Crippen LogP contribution in [0.5, 0.6) is 0 Å². The third-order valence-corrected chi connectivity index (χ3v) is 7.37. The largest absolute Gasteiger partial charge is 0.480 e. The van der Waals surface area contributed by atoms with E-state index in [1.165, 1.54) is 0 Å². The summed E-state index contributed by atoms with van der Waals surface area (Å²) < 4.78 is 79.6. The maximum atomic E-state index is 13.1. The molecule has 0 bridgehead atoms. The number of aliphatic carboxylic acids is 1. The molecular weight excluding hydrogens is 648 g/mol. The van der Waals surface area contributed by atoms with Crippen LogP contribution in [0.25, 0.3) is 32.9 Å². The predicted molar refractivity (Wildman–Crippen MR) is 163 cm³/mol. The van der Waals surface area contributed by atoms with Gasteiger partial charge in [0.25, 0.3) is 22.2 Å². The van der Waals surface area contributed by atoms with Crippen LogP contribution >= 0.6 is 0 Å². The minimum absolute atomic E-state index is 0.330. The number of nitrogens with two attached hydrogens (primary N) is 1. The molecule has 1 atom stereocenters. The van der Waals surface area contributed by atoms with Gasteiger partial charge < -0.3 is 10.8 Å². The highest BCUT2D eigenvalue weighted by atomic mass is 19.4. The number of hydrogen-bond acceptors (Lipinski definition) is 6. The SMILES string of the molecule is N[C@@H](Cc1ccccc1)C(=O)O.O=c1c2cc3c(=O)n(-c4cccc(C(F)(F)F)c4)c(=O)c3cc2c(=O)n1-c1cccc(C(F)(F)F)c1. The van der Waals surface area contributed by atoms with Gasteiger partial charge in [0.1, 0.15) is 6.04 Å².